The number of aromatic nitrogens is 1. The fraction of sp³-hybridized carbons (Fsp3) is 0.316. The summed E-state index contributed by atoms with van der Waals surface area (Å²) in [5, 5.41) is 0. The van der Waals surface area contributed by atoms with E-state index in [2.05, 4.69) is 4.98 Å². The molecule has 126 valence electrons. The second-order valence-corrected chi connectivity index (χ2v) is 5.40. The van der Waals surface area contributed by atoms with Crippen molar-refractivity contribution >= 4 is 11.9 Å². The number of ether oxygens (including phenoxy) is 2. The lowest BCUT2D eigenvalue weighted by Crippen LogP contribution is -2.17. The average molecular weight is 327 g/mol. The molecule has 5 nitrogen and oxygen atoms in total. The summed E-state index contributed by atoms with van der Waals surface area (Å²) in [5.74, 6) is -1.01. The predicted molar refractivity (Wildman–Crippen MR) is 91.1 cm³/mol. The number of aryl methyl sites for hydroxylation is 2. The minimum atomic E-state index is -0.525. The maximum atomic E-state index is 12.6. The number of esters is 2. The third kappa shape index (κ3) is 3.45. The van der Waals surface area contributed by atoms with Crippen molar-refractivity contribution < 1.29 is 19.1 Å². The van der Waals surface area contributed by atoms with Gasteiger partial charge in [0.1, 0.15) is 0 Å². The van der Waals surface area contributed by atoms with Crippen LogP contribution in [0.5, 0.6) is 0 Å². The quantitative estimate of drug-likeness (QED) is 0.783. The number of hydrogen-bond acceptors (Lipinski definition) is 5. The van der Waals surface area contributed by atoms with Crippen LogP contribution < -0.4 is 0 Å². The van der Waals surface area contributed by atoms with Crippen LogP contribution in [0.4, 0.5) is 0 Å². The molecule has 24 heavy (non-hydrogen) atoms. The summed E-state index contributed by atoms with van der Waals surface area (Å²) < 4.78 is 10.2. The first-order valence-electron chi connectivity index (χ1n) is 7.83. The molecule has 0 saturated heterocycles. The molecule has 1 aromatic heterocycles. The summed E-state index contributed by atoms with van der Waals surface area (Å²) >= 11 is 0. The summed E-state index contributed by atoms with van der Waals surface area (Å²) in [5.41, 5.74) is 2.90. The highest BCUT2D eigenvalue weighted by molar-refractivity contribution is 6.07. The SMILES string of the molecule is CCCOC(=O)c1c(C)nc(C)c(C(=O)OC)c1-c1ccccc1. The van der Waals surface area contributed by atoms with Gasteiger partial charge in [0.05, 0.1) is 36.2 Å². The molecule has 0 atom stereocenters. The van der Waals surface area contributed by atoms with Crippen LogP contribution in [0.3, 0.4) is 0 Å². The van der Waals surface area contributed by atoms with Crippen molar-refractivity contribution in [3.63, 3.8) is 0 Å². The second-order valence-electron chi connectivity index (χ2n) is 5.40. The smallest absolute Gasteiger partial charge is 0.340 e. The first-order chi connectivity index (χ1) is 11.5. The third-order valence-corrected chi connectivity index (χ3v) is 3.65. The molecule has 0 N–H and O–H groups in total. The highest BCUT2D eigenvalue weighted by Crippen LogP contribution is 2.32. The van der Waals surface area contributed by atoms with Crippen LogP contribution in [0.15, 0.2) is 30.3 Å². The van der Waals surface area contributed by atoms with Crippen molar-refractivity contribution in [1.82, 2.24) is 4.98 Å². The largest absolute Gasteiger partial charge is 0.465 e. The Bertz CT molecular complexity index is 754. The van der Waals surface area contributed by atoms with Crippen LogP contribution in [0.1, 0.15) is 45.4 Å². The Morgan fingerprint density at radius 3 is 2.12 bits per heavy atom. The van der Waals surface area contributed by atoms with Gasteiger partial charge >= 0.3 is 11.9 Å². The molecule has 0 spiro atoms. The summed E-state index contributed by atoms with van der Waals surface area (Å²) in [4.78, 5) is 29.2. The molecule has 5 heteroatoms. The van der Waals surface area contributed by atoms with E-state index in [0.717, 1.165) is 5.56 Å². The van der Waals surface area contributed by atoms with Crippen LogP contribution in [0.25, 0.3) is 11.1 Å². The number of hydrogen-bond donors (Lipinski definition) is 0. The van der Waals surface area contributed by atoms with E-state index >= 15 is 0 Å². The molecule has 0 aliphatic rings. The number of carbonyl (C=O) groups is 2. The minimum absolute atomic E-state index is 0.290. The Hall–Kier alpha value is -2.69. The van der Waals surface area contributed by atoms with Crippen LogP contribution in [0.2, 0.25) is 0 Å². The van der Waals surface area contributed by atoms with Gasteiger partial charge in [-0.3, -0.25) is 4.98 Å². The zero-order valence-corrected chi connectivity index (χ0v) is 14.4. The molecule has 0 fully saturated rings. The maximum Gasteiger partial charge on any atom is 0.340 e. The molecular weight excluding hydrogens is 306 g/mol. The molecule has 0 bridgehead atoms. The van der Waals surface area contributed by atoms with Crippen molar-refractivity contribution in [2.75, 3.05) is 13.7 Å². The minimum Gasteiger partial charge on any atom is -0.465 e. The lowest BCUT2D eigenvalue weighted by molar-refractivity contribution is 0.0504. The van der Waals surface area contributed by atoms with E-state index in [-0.39, 0.29) is 5.56 Å². The van der Waals surface area contributed by atoms with Gasteiger partial charge in [0.15, 0.2) is 0 Å². The van der Waals surface area contributed by atoms with E-state index < -0.39 is 11.9 Å². The van der Waals surface area contributed by atoms with Gasteiger partial charge < -0.3 is 9.47 Å². The average Bonchev–Trinajstić information content (AvgIpc) is 2.59. The van der Waals surface area contributed by atoms with Crippen LogP contribution in [0, 0.1) is 13.8 Å². The highest BCUT2D eigenvalue weighted by atomic mass is 16.5. The van der Waals surface area contributed by atoms with Crippen molar-refractivity contribution in [3.8, 4) is 11.1 Å². The van der Waals surface area contributed by atoms with Crippen molar-refractivity contribution in [1.29, 1.82) is 0 Å². The summed E-state index contributed by atoms with van der Waals surface area (Å²) in [6.45, 7) is 5.70. The fourth-order valence-corrected chi connectivity index (χ4v) is 2.61. The Labute approximate surface area is 141 Å². The highest BCUT2D eigenvalue weighted by Gasteiger charge is 2.27. The third-order valence-electron chi connectivity index (χ3n) is 3.65. The van der Waals surface area contributed by atoms with Crippen molar-refractivity contribution in [2.24, 2.45) is 0 Å². The van der Waals surface area contributed by atoms with Crippen LogP contribution in [-0.2, 0) is 9.47 Å². The monoisotopic (exact) mass is 327 g/mol. The molecule has 0 amide bonds. The van der Waals surface area contributed by atoms with Gasteiger partial charge in [-0.05, 0) is 25.8 Å². The first kappa shape index (κ1) is 17.7. The van der Waals surface area contributed by atoms with Crippen LogP contribution in [-0.4, -0.2) is 30.6 Å². The molecule has 1 aromatic carbocycles. The summed E-state index contributed by atoms with van der Waals surface area (Å²) in [7, 11) is 1.31. The number of carbonyl (C=O) groups excluding carboxylic acids is 2. The van der Waals surface area contributed by atoms with Gasteiger partial charge in [-0.15, -0.1) is 0 Å². The molecule has 2 aromatic rings. The van der Waals surface area contributed by atoms with E-state index in [1.165, 1.54) is 7.11 Å². The molecule has 0 saturated carbocycles. The van der Waals surface area contributed by atoms with Gasteiger partial charge in [-0.25, -0.2) is 9.59 Å². The Morgan fingerprint density at radius 1 is 1.00 bits per heavy atom. The second kappa shape index (κ2) is 7.73. The lowest BCUT2D eigenvalue weighted by atomic mass is 9.92. The van der Waals surface area contributed by atoms with E-state index in [9.17, 15) is 9.59 Å². The fourth-order valence-electron chi connectivity index (χ4n) is 2.61. The topological polar surface area (TPSA) is 65.5 Å². The van der Waals surface area contributed by atoms with Crippen molar-refractivity contribution in [2.45, 2.75) is 27.2 Å². The lowest BCUT2D eigenvalue weighted by Gasteiger charge is -2.17. The van der Waals surface area contributed by atoms with Gasteiger partial charge in [0.25, 0.3) is 0 Å². The van der Waals surface area contributed by atoms with Gasteiger partial charge in [-0.2, -0.15) is 0 Å². The zero-order valence-electron chi connectivity index (χ0n) is 14.4. The summed E-state index contributed by atoms with van der Waals surface area (Å²) in [6, 6.07) is 9.26. The Kier molecular flexibility index (Phi) is 5.68. The number of methoxy groups -OCH3 is 1. The van der Waals surface area contributed by atoms with E-state index in [4.69, 9.17) is 9.47 Å². The normalized spacial score (nSPS) is 10.3. The summed E-state index contributed by atoms with van der Waals surface area (Å²) in [6.07, 6.45) is 0.717. The van der Waals surface area contributed by atoms with Crippen LogP contribution >= 0.6 is 0 Å². The first-order valence-corrected chi connectivity index (χ1v) is 7.83. The number of nitrogens with zero attached hydrogens (tertiary/aromatic N) is 1. The van der Waals surface area contributed by atoms with Gasteiger partial charge in [0, 0.05) is 5.56 Å². The number of benzene rings is 1. The molecule has 0 aliphatic heterocycles. The van der Waals surface area contributed by atoms with Crippen molar-refractivity contribution in [3.05, 3.63) is 52.8 Å². The standard InChI is InChI=1S/C19H21NO4/c1-5-11-24-19(22)16-13(3)20-12(2)15(18(21)23-4)17(16)14-9-7-6-8-10-14/h6-10H,5,11H2,1-4H3. The molecule has 1 heterocycles. The van der Waals surface area contributed by atoms with E-state index in [1.54, 1.807) is 13.8 Å². The predicted octanol–water partition coefficient (Wildman–Crippen LogP) is 3.72. The molecule has 2 rings (SSSR count). The maximum absolute atomic E-state index is 12.6. The number of pyridine rings is 1. The molecular formula is C19H21NO4. The number of rotatable bonds is 5. The van der Waals surface area contributed by atoms with Gasteiger partial charge in [0.2, 0.25) is 0 Å². The molecule has 0 unspecified atom stereocenters. The Morgan fingerprint density at radius 2 is 1.58 bits per heavy atom. The van der Waals surface area contributed by atoms with E-state index in [1.807, 2.05) is 37.3 Å². The molecule has 0 radical (unpaired) electrons. The Balaban J connectivity index is 2.78. The van der Waals surface area contributed by atoms with E-state index in [0.29, 0.717) is 35.5 Å². The molecule has 0 aliphatic carbocycles. The zero-order chi connectivity index (χ0) is 17.7. The van der Waals surface area contributed by atoms with Gasteiger partial charge in [-0.1, -0.05) is 37.3 Å².